The standard InChI is InChI=1S/C18H26N4O3/c19-18(25)20-12-13-4-6-14(7-5-13)17(24)22-10-8-21(9-11-22)15-2-1-3-16(15)23/h4-7,15-16,23H,1-3,8-12H2,(H3,19,20,25)/t15-,16-/m1/s1. The molecule has 0 unspecified atom stereocenters. The zero-order valence-electron chi connectivity index (χ0n) is 14.4. The van der Waals surface area contributed by atoms with E-state index < -0.39 is 6.03 Å². The summed E-state index contributed by atoms with van der Waals surface area (Å²) >= 11 is 0. The van der Waals surface area contributed by atoms with Gasteiger partial charge in [0.25, 0.3) is 5.91 Å². The molecule has 2 fully saturated rings. The van der Waals surface area contributed by atoms with Crippen molar-refractivity contribution in [3.63, 3.8) is 0 Å². The van der Waals surface area contributed by atoms with Gasteiger partial charge in [0.1, 0.15) is 0 Å². The van der Waals surface area contributed by atoms with E-state index in [-0.39, 0.29) is 18.1 Å². The highest BCUT2D eigenvalue weighted by atomic mass is 16.3. The summed E-state index contributed by atoms with van der Waals surface area (Å²) in [6.07, 6.45) is 2.81. The van der Waals surface area contributed by atoms with Crippen LogP contribution in [0.4, 0.5) is 4.79 Å². The monoisotopic (exact) mass is 346 g/mol. The summed E-state index contributed by atoms with van der Waals surface area (Å²) in [5.74, 6) is 0.0287. The maximum atomic E-state index is 12.6. The van der Waals surface area contributed by atoms with E-state index in [2.05, 4.69) is 10.2 Å². The molecule has 1 aromatic rings. The van der Waals surface area contributed by atoms with Gasteiger partial charge in [-0.25, -0.2) is 4.79 Å². The maximum absolute atomic E-state index is 12.6. The topological polar surface area (TPSA) is 98.9 Å². The summed E-state index contributed by atoms with van der Waals surface area (Å²) in [5, 5.41) is 12.6. The van der Waals surface area contributed by atoms with Crippen LogP contribution in [0, 0.1) is 0 Å². The van der Waals surface area contributed by atoms with Gasteiger partial charge in [0.2, 0.25) is 0 Å². The molecule has 1 aromatic carbocycles. The first-order chi connectivity index (χ1) is 12.0. The average Bonchev–Trinajstić information content (AvgIpc) is 3.06. The van der Waals surface area contributed by atoms with Crippen LogP contribution in [0.15, 0.2) is 24.3 Å². The fraction of sp³-hybridized carbons (Fsp3) is 0.556. The van der Waals surface area contributed by atoms with E-state index in [0.717, 1.165) is 37.9 Å². The largest absolute Gasteiger partial charge is 0.391 e. The number of rotatable bonds is 4. The van der Waals surface area contributed by atoms with E-state index in [4.69, 9.17) is 5.73 Å². The molecule has 25 heavy (non-hydrogen) atoms. The van der Waals surface area contributed by atoms with Gasteiger partial charge in [-0.3, -0.25) is 9.69 Å². The minimum absolute atomic E-state index is 0.0287. The van der Waals surface area contributed by atoms with Crippen LogP contribution in [-0.4, -0.2) is 65.2 Å². The minimum Gasteiger partial charge on any atom is -0.391 e. The van der Waals surface area contributed by atoms with Gasteiger partial charge >= 0.3 is 6.03 Å². The third-order valence-corrected chi connectivity index (χ3v) is 5.18. The highest BCUT2D eigenvalue weighted by Gasteiger charge is 2.33. The molecule has 3 amide bonds. The zero-order chi connectivity index (χ0) is 17.8. The summed E-state index contributed by atoms with van der Waals surface area (Å²) < 4.78 is 0. The molecular formula is C18H26N4O3. The number of piperazine rings is 1. The van der Waals surface area contributed by atoms with Crippen molar-refractivity contribution in [1.29, 1.82) is 0 Å². The highest BCUT2D eigenvalue weighted by Crippen LogP contribution is 2.25. The maximum Gasteiger partial charge on any atom is 0.312 e. The molecule has 1 saturated heterocycles. The molecule has 4 N–H and O–H groups in total. The molecule has 7 heteroatoms. The summed E-state index contributed by atoms with van der Waals surface area (Å²) in [6.45, 7) is 3.36. The predicted octanol–water partition coefficient (Wildman–Crippen LogP) is 0.526. The molecule has 0 aromatic heterocycles. The number of amides is 3. The molecule has 7 nitrogen and oxygen atoms in total. The molecule has 2 atom stereocenters. The van der Waals surface area contributed by atoms with Crippen LogP contribution in [0.25, 0.3) is 0 Å². The Bertz CT molecular complexity index is 611. The Morgan fingerprint density at radius 1 is 1.12 bits per heavy atom. The number of hydrogen-bond donors (Lipinski definition) is 3. The number of nitrogens with zero attached hydrogens (tertiary/aromatic N) is 2. The Kier molecular flexibility index (Phi) is 5.55. The second-order valence-corrected chi connectivity index (χ2v) is 6.81. The third-order valence-electron chi connectivity index (χ3n) is 5.18. The number of carbonyl (C=O) groups is 2. The lowest BCUT2D eigenvalue weighted by Crippen LogP contribution is -2.53. The molecule has 0 radical (unpaired) electrons. The minimum atomic E-state index is -0.564. The van der Waals surface area contributed by atoms with Gasteiger partial charge in [-0.2, -0.15) is 0 Å². The Morgan fingerprint density at radius 2 is 1.80 bits per heavy atom. The number of aliphatic hydroxyl groups excluding tert-OH is 1. The molecular weight excluding hydrogens is 320 g/mol. The first kappa shape index (κ1) is 17.7. The normalized spacial score (nSPS) is 24.3. The van der Waals surface area contributed by atoms with Crippen LogP contribution >= 0.6 is 0 Å². The first-order valence-corrected chi connectivity index (χ1v) is 8.88. The Labute approximate surface area is 147 Å². The Balaban J connectivity index is 1.52. The number of primary amides is 1. The number of aliphatic hydroxyl groups is 1. The van der Waals surface area contributed by atoms with Gasteiger partial charge in [-0.1, -0.05) is 12.1 Å². The molecule has 0 spiro atoms. The summed E-state index contributed by atoms with van der Waals surface area (Å²) in [6, 6.07) is 6.92. The van der Waals surface area contributed by atoms with Crippen molar-refractivity contribution in [3.8, 4) is 0 Å². The van der Waals surface area contributed by atoms with E-state index in [1.165, 1.54) is 0 Å². The van der Waals surface area contributed by atoms with E-state index in [0.29, 0.717) is 25.2 Å². The molecule has 0 bridgehead atoms. The van der Waals surface area contributed by atoms with Crippen molar-refractivity contribution < 1.29 is 14.7 Å². The lowest BCUT2D eigenvalue weighted by molar-refractivity contribution is 0.0315. The van der Waals surface area contributed by atoms with Crippen molar-refractivity contribution in [2.24, 2.45) is 5.73 Å². The molecule has 3 rings (SSSR count). The average molecular weight is 346 g/mol. The van der Waals surface area contributed by atoms with E-state index in [9.17, 15) is 14.7 Å². The Morgan fingerprint density at radius 3 is 2.36 bits per heavy atom. The first-order valence-electron chi connectivity index (χ1n) is 8.88. The van der Waals surface area contributed by atoms with E-state index >= 15 is 0 Å². The SMILES string of the molecule is NC(=O)NCc1ccc(C(=O)N2CCN([C@@H]3CCC[C@H]3O)CC2)cc1. The molecule has 1 heterocycles. The van der Waals surface area contributed by atoms with Crippen LogP contribution in [0.5, 0.6) is 0 Å². The van der Waals surface area contributed by atoms with Crippen LogP contribution in [-0.2, 0) is 6.54 Å². The second-order valence-electron chi connectivity index (χ2n) is 6.81. The van der Waals surface area contributed by atoms with E-state index in [1.807, 2.05) is 17.0 Å². The van der Waals surface area contributed by atoms with Crippen molar-refractivity contribution in [2.45, 2.75) is 38.0 Å². The number of nitrogens with two attached hydrogens (primary N) is 1. The fourth-order valence-corrected chi connectivity index (χ4v) is 3.74. The quantitative estimate of drug-likeness (QED) is 0.740. The molecule has 2 aliphatic rings. The summed E-state index contributed by atoms with van der Waals surface area (Å²) in [5.41, 5.74) is 6.60. The number of benzene rings is 1. The van der Waals surface area contributed by atoms with Crippen LogP contribution in [0.1, 0.15) is 35.2 Å². The summed E-state index contributed by atoms with van der Waals surface area (Å²) in [4.78, 5) is 27.6. The van der Waals surface area contributed by atoms with Gasteiger partial charge in [0.15, 0.2) is 0 Å². The van der Waals surface area contributed by atoms with Crippen molar-refractivity contribution in [1.82, 2.24) is 15.1 Å². The van der Waals surface area contributed by atoms with Gasteiger partial charge in [-0.05, 0) is 37.0 Å². The highest BCUT2D eigenvalue weighted by molar-refractivity contribution is 5.94. The van der Waals surface area contributed by atoms with Gasteiger partial charge in [0, 0.05) is 44.3 Å². The number of hydrogen-bond acceptors (Lipinski definition) is 4. The van der Waals surface area contributed by atoms with Crippen LogP contribution < -0.4 is 11.1 Å². The van der Waals surface area contributed by atoms with Crippen molar-refractivity contribution in [3.05, 3.63) is 35.4 Å². The summed E-state index contributed by atoms with van der Waals surface area (Å²) in [7, 11) is 0. The molecule has 1 aliphatic heterocycles. The second kappa shape index (κ2) is 7.84. The Hall–Kier alpha value is -2.12. The van der Waals surface area contributed by atoms with Crippen LogP contribution in [0.3, 0.4) is 0 Å². The van der Waals surface area contributed by atoms with Crippen LogP contribution in [0.2, 0.25) is 0 Å². The lowest BCUT2D eigenvalue weighted by Gasteiger charge is -2.39. The van der Waals surface area contributed by atoms with Gasteiger partial charge < -0.3 is 21.1 Å². The molecule has 1 saturated carbocycles. The number of urea groups is 1. The smallest absolute Gasteiger partial charge is 0.312 e. The predicted molar refractivity (Wildman–Crippen MR) is 94.0 cm³/mol. The number of nitrogens with one attached hydrogen (secondary N) is 1. The van der Waals surface area contributed by atoms with Crippen molar-refractivity contribution >= 4 is 11.9 Å². The third kappa shape index (κ3) is 4.29. The molecule has 1 aliphatic carbocycles. The van der Waals surface area contributed by atoms with Crippen molar-refractivity contribution in [2.75, 3.05) is 26.2 Å². The fourth-order valence-electron chi connectivity index (χ4n) is 3.74. The lowest BCUT2D eigenvalue weighted by atomic mass is 10.1. The van der Waals surface area contributed by atoms with E-state index in [1.54, 1.807) is 12.1 Å². The van der Waals surface area contributed by atoms with Gasteiger partial charge in [0.05, 0.1) is 6.10 Å². The van der Waals surface area contributed by atoms with Gasteiger partial charge in [-0.15, -0.1) is 0 Å². The zero-order valence-corrected chi connectivity index (χ0v) is 14.4. The molecule has 136 valence electrons. The number of carbonyl (C=O) groups excluding carboxylic acids is 2.